The molecule has 106 valence electrons. The summed E-state index contributed by atoms with van der Waals surface area (Å²) in [5.74, 6) is -0.327. The monoisotopic (exact) mass is 382 g/mol. The van der Waals surface area contributed by atoms with Gasteiger partial charge in [-0.05, 0) is 23.8 Å². The van der Waals surface area contributed by atoms with Gasteiger partial charge in [-0.3, -0.25) is 0 Å². The molecule has 2 nitrogen and oxygen atoms in total. The smallest absolute Gasteiger partial charge is 0.150 e. The average molecular weight is 384 g/mol. The van der Waals surface area contributed by atoms with E-state index in [9.17, 15) is 4.39 Å². The maximum absolute atomic E-state index is 13.9. The fourth-order valence-electron chi connectivity index (χ4n) is 1.87. The Morgan fingerprint density at radius 3 is 2.62 bits per heavy atom. The molecular formula is C15H9BrClFN2S. The number of aromatic nitrogens is 2. The van der Waals surface area contributed by atoms with Gasteiger partial charge in [-0.1, -0.05) is 57.6 Å². The van der Waals surface area contributed by atoms with Gasteiger partial charge >= 0.3 is 0 Å². The fraction of sp³-hybridized carbons (Fsp3) is 0.0667. The van der Waals surface area contributed by atoms with Gasteiger partial charge in [0.1, 0.15) is 16.2 Å². The number of hydrogen-bond donors (Lipinski definition) is 0. The summed E-state index contributed by atoms with van der Waals surface area (Å²) in [4.78, 5) is 0. The highest BCUT2D eigenvalue weighted by molar-refractivity contribution is 9.10. The second-order valence-corrected chi connectivity index (χ2v) is 6.70. The molecule has 0 aliphatic carbocycles. The van der Waals surface area contributed by atoms with Crippen molar-refractivity contribution in [3.63, 3.8) is 0 Å². The van der Waals surface area contributed by atoms with Crippen LogP contribution in [0.3, 0.4) is 0 Å². The summed E-state index contributed by atoms with van der Waals surface area (Å²) < 4.78 is 14.7. The van der Waals surface area contributed by atoms with Gasteiger partial charge in [-0.25, -0.2) is 4.39 Å². The molecule has 0 bridgehead atoms. The van der Waals surface area contributed by atoms with Gasteiger partial charge < -0.3 is 0 Å². The molecule has 0 spiro atoms. The van der Waals surface area contributed by atoms with Crippen LogP contribution in [0.2, 0.25) is 0 Å². The molecule has 0 aliphatic heterocycles. The van der Waals surface area contributed by atoms with Crippen molar-refractivity contribution in [2.24, 2.45) is 0 Å². The highest BCUT2D eigenvalue weighted by atomic mass is 79.9. The van der Waals surface area contributed by atoms with E-state index in [1.807, 2.05) is 30.3 Å². The molecule has 21 heavy (non-hydrogen) atoms. The van der Waals surface area contributed by atoms with Crippen LogP contribution < -0.4 is 0 Å². The Balaban J connectivity index is 1.95. The van der Waals surface area contributed by atoms with Crippen molar-refractivity contribution in [3.8, 4) is 10.6 Å². The quantitative estimate of drug-likeness (QED) is 0.563. The molecule has 0 N–H and O–H groups in total. The van der Waals surface area contributed by atoms with Crippen molar-refractivity contribution in [1.82, 2.24) is 10.2 Å². The van der Waals surface area contributed by atoms with Crippen LogP contribution in [-0.4, -0.2) is 10.2 Å². The first kappa shape index (κ1) is 14.6. The van der Waals surface area contributed by atoms with E-state index < -0.39 is 0 Å². The van der Waals surface area contributed by atoms with Crippen LogP contribution in [0, 0.1) is 5.82 Å². The van der Waals surface area contributed by atoms with E-state index in [2.05, 4.69) is 26.1 Å². The van der Waals surface area contributed by atoms with E-state index in [4.69, 9.17) is 11.6 Å². The Kier molecular flexibility index (Phi) is 4.33. The molecule has 1 unspecified atom stereocenters. The molecule has 1 atom stereocenters. The van der Waals surface area contributed by atoms with Crippen LogP contribution in [0.15, 0.2) is 53.0 Å². The molecule has 6 heteroatoms. The third-order valence-electron chi connectivity index (χ3n) is 2.91. The van der Waals surface area contributed by atoms with E-state index in [-0.39, 0.29) is 11.2 Å². The van der Waals surface area contributed by atoms with Crippen molar-refractivity contribution >= 4 is 38.9 Å². The number of hydrogen-bond acceptors (Lipinski definition) is 3. The minimum absolute atomic E-state index is 0.327. The summed E-state index contributed by atoms with van der Waals surface area (Å²) in [6.07, 6.45) is 0. The summed E-state index contributed by atoms with van der Waals surface area (Å²) in [7, 11) is 0. The Morgan fingerprint density at radius 2 is 1.86 bits per heavy atom. The van der Waals surface area contributed by atoms with Crippen LogP contribution >= 0.6 is 38.9 Å². The van der Waals surface area contributed by atoms with Crippen molar-refractivity contribution in [2.75, 3.05) is 0 Å². The molecular weight excluding hydrogens is 375 g/mol. The lowest BCUT2D eigenvalue weighted by Gasteiger charge is -2.04. The van der Waals surface area contributed by atoms with E-state index in [0.29, 0.717) is 15.6 Å². The predicted molar refractivity (Wildman–Crippen MR) is 87.1 cm³/mol. The van der Waals surface area contributed by atoms with Gasteiger partial charge in [0.2, 0.25) is 0 Å². The lowest BCUT2D eigenvalue weighted by Crippen LogP contribution is -1.91. The first-order valence-corrected chi connectivity index (χ1v) is 8.17. The van der Waals surface area contributed by atoms with E-state index in [1.54, 1.807) is 12.1 Å². The van der Waals surface area contributed by atoms with Crippen LogP contribution in [0.5, 0.6) is 0 Å². The van der Waals surface area contributed by atoms with Gasteiger partial charge in [-0.2, -0.15) is 0 Å². The highest BCUT2D eigenvalue weighted by Gasteiger charge is 2.18. The lowest BCUT2D eigenvalue weighted by molar-refractivity contribution is 0.630. The Labute approximate surface area is 138 Å². The Morgan fingerprint density at radius 1 is 1.10 bits per heavy atom. The van der Waals surface area contributed by atoms with Gasteiger partial charge in [0.05, 0.1) is 0 Å². The number of nitrogens with zero attached hydrogens (tertiary/aromatic N) is 2. The molecule has 1 aromatic heterocycles. The zero-order valence-corrected chi connectivity index (χ0v) is 13.8. The fourth-order valence-corrected chi connectivity index (χ4v) is 3.42. The van der Waals surface area contributed by atoms with Crippen LogP contribution in [-0.2, 0) is 0 Å². The number of benzene rings is 2. The van der Waals surface area contributed by atoms with Gasteiger partial charge in [0.15, 0.2) is 5.01 Å². The van der Waals surface area contributed by atoms with Crippen molar-refractivity contribution < 1.29 is 4.39 Å². The molecule has 0 radical (unpaired) electrons. The molecule has 0 amide bonds. The second kappa shape index (κ2) is 6.22. The van der Waals surface area contributed by atoms with Crippen molar-refractivity contribution in [1.29, 1.82) is 0 Å². The van der Waals surface area contributed by atoms with Gasteiger partial charge in [0, 0.05) is 10.0 Å². The zero-order chi connectivity index (χ0) is 14.8. The third kappa shape index (κ3) is 3.15. The minimum Gasteiger partial charge on any atom is -0.206 e. The first-order chi connectivity index (χ1) is 10.1. The summed E-state index contributed by atoms with van der Waals surface area (Å²) in [6, 6.07) is 14.4. The van der Waals surface area contributed by atoms with Crippen LogP contribution in [0.1, 0.15) is 15.9 Å². The largest absolute Gasteiger partial charge is 0.206 e. The number of halogens is 3. The molecule has 0 saturated carbocycles. The summed E-state index contributed by atoms with van der Waals surface area (Å²) in [6.45, 7) is 0. The Bertz CT molecular complexity index is 763. The third-order valence-corrected chi connectivity index (χ3v) is 5.01. The molecule has 0 fully saturated rings. The maximum atomic E-state index is 13.9. The molecule has 0 saturated heterocycles. The van der Waals surface area contributed by atoms with Crippen molar-refractivity contribution in [3.05, 3.63) is 69.4 Å². The molecule has 3 aromatic rings. The van der Waals surface area contributed by atoms with Gasteiger partial charge in [0.25, 0.3) is 0 Å². The Hall–Kier alpha value is -1.30. The SMILES string of the molecule is Fc1ccc(Br)cc1-c1nnc(C(Cl)c2ccccc2)s1. The molecule has 0 aliphatic rings. The highest BCUT2D eigenvalue weighted by Crippen LogP contribution is 2.35. The topological polar surface area (TPSA) is 25.8 Å². The van der Waals surface area contributed by atoms with Crippen molar-refractivity contribution in [2.45, 2.75) is 5.38 Å². The standard InChI is InChI=1S/C15H9BrClFN2S/c16-10-6-7-12(18)11(8-10)14-19-20-15(21-14)13(17)9-4-2-1-3-5-9/h1-8,13H. The van der Waals surface area contributed by atoms with E-state index in [1.165, 1.54) is 17.4 Å². The van der Waals surface area contributed by atoms with Crippen LogP contribution in [0.4, 0.5) is 4.39 Å². The van der Waals surface area contributed by atoms with E-state index in [0.717, 1.165) is 10.0 Å². The summed E-state index contributed by atoms with van der Waals surface area (Å²) in [5, 5.41) is 8.94. The second-order valence-electron chi connectivity index (χ2n) is 4.34. The van der Waals surface area contributed by atoms with E-state index >= 15 is 0 Å². The maximum Gasteiger partial charge on any atom is 0.150 e. The summed E-state index contributed by atoms with van der Waals surface area (Å²) >= 11 is 11.0. The zero-order valence-electron chi connectivity index (χ0n) is 10.6. The normalized spacial score (nSPS) is 12.3. The average Bonchev–Trinajstić information content (AvgIpc) is 2.99. The predicted octanol–water partition coefficient (Wildman–Crippen LogP) is 5.43. The number of rotatable bonds is 3. The molecule has 3 rings (SSSR count). The molecule has 2 aromatic carbocycles. The van der Waals surface area contributed by atoms with Gasteiger partial charge in [-0.15, -0.1) is 21.8 Å². The lowest BCUT2D eigenvalue weighted by atomic mass is 10.1. The minimum atomic E-state index is -0.382. The summed E-state index contributed by atoms with van der Waals surface area (Å²) in [5.41, 5.74) is 1.36. The first-order valence-electron chi connectivity index (χ1n) is 6.13. The number of alkyl halides is 1. The van der Waals surface area contributed by atoms with Crippen LogP contribution in [0.25, 0.3) is 10.6 Å². The molecule has 1 heterocycles.